The molecule has 6 nitrogen and oxygen atoms in total. The molecular weight excluding hydrogens is 353 g/mol. The lowest BCUT2D eigenvalue weighted by Crippen LogP contribution is -2.46. The zero-order valence-corrected chi connectivity index (χ0v) is 14.9. The fraction of sp³-hybridized carbons (Fsp3) is 0.471. The van der Waals surface area contributed by atoms with Crippen LogP contribution in [0.5, 0.6) is 0 Å². The van der Waals surface area contributed by atoms with Gasteiger partial charge in [0.2, 0.25) is 5.91 Å². The fourth-order valence-electron chi connectivity index (χ4n) is 1.98. The van der Waals surface area contributed by atoms with Crippen molar-refractivity contribution in [2.24, 2.45) is 0 Å². The molecule has 1 rings (SSSR count). The number of carbonyl (C=O) groups excluding carboxylic acids is 3. The van der Waals surface area contributed by atoms with E-state index >= 15 is 0 Å². The molecule has 0 radical (unpaired) electrons. The fourth-order valence-corrected chi connectivity index (χ4v) is 1.98. The highest BCUT2D eigenvalue weighted by Gasteiger charge is 2.35. The summed E-state index contributed by atoms with van der Waals surface area (Å²) in [5.41, 5.74) is -2.30. The molecule has 0 heterocycles. The lowest BCUT2D eigenvalue weighted by atomic mass is 10.1. The van der Waals surface area contributed by atoms with Crippen molar-refractivity contribution in [3.05, 3.63) is 35.4 Å². The zero-order chi connectivity index (χ0) is 20.1. The summed E-state index contributed by atoms with van der Waals surface area (Å²) in [6.07, 6.45) is -4.72. The van der Waals surface area contributed by atoms with Gasteiger partial charge in [-0.25, -0.2) is 4.79 Å². The van der Waals surface area contributed by atoms with E-state index in [1.54, 1.807) is 20.8 Å². The first-order valence-corrected chi connectivity index (χ1v) is 7.69. The second-order valence-electron chi connectivity index (χ2n) is 6.67. The van der Waals surface area contributed by atoms with Crippen molar-refractivity contribution < 1.29 is 32.3 Å². The standard InChI is InChI=1S/C17H21F3N2O4/c1-16(2,3)21-13(23)9-22(4)14(24)10-26-15(25)11-7-5-6-8-12(11)17(18,19)20/h5-8H,9-10H2,1-4H3,(H,21,23). The van der Waals surface area contributed by atoms with Crippen LogP contribution < -0.4 is 5.32 Å². The van der Waals surface area contributed by atoms with Crippen LogP contribution in [0.3, 0.4) is 0 Å². The molecule has 26 heavy (non-hydrogen) atoms. The highest BCUT2D eigenvalue weighted by Crippen LogP contribution is 2.32. The van der Waals surface area contributed by atoms with Gasteiger partial charge in [-0.3, -0.25) is 9.59 Å². The third-order valence-corrected chi connectivity index (χ3v) is 3.10. The van der Waals surface area contributed by atoms with Gasteiger partial charge in [0.15, 0.2) is 6.61 Å². The SMILES string of the molecule is CN(CC(=O)NC(C)(C)C)C(=O)COC(=O)c1ccccc1C(F)(F)F. The van der Waals surface area contributed by atoms with E-state index in [4.69, 9.17) is 0 Å². The van der Waals surface area contributed by atoms with Gasteiger partial charge in [-0.05, 0) is 32.9 Å². The molecule has 0 bridgehead atoms. The monoisotopic (exact) mass is 374 g/mol. The van der Waals surface area contributed by atoms with Gasteiger partial charge >= 0.3 is 12.1 Å². The predicted molar refractivity (Wildman–Crippen MR) is 87.3 cm³/mol. The average Bonchev–Trinajstić information content (AvgIpc) is 2.49. The van der Waals surface area contributed by atoms with Crippen LogP contribution in [0.1, 0.15) is 36.7 Å². The van der Waals surface area contributed by atoms with Crippen LogP contribution >= 0.6 is 0 Å². The number of halogens is 3. The third-order valence-electron chi connectivity index (χ3n) is 3.10. The van der Waals surface area contributed by atoms with E-state index in [-0.39, 0.29) is 6.54 Å². The number of nitrogens with one attached hydrogen (secondary N) is 1. The van der Waals surface area contributed by atoms with Crippen molar-refractivity contribution in [1.29, 1.82) is 0 Å². The molecule has 0 aliphatic carbocycles. The smallest absolute Gasteiger partial charge is 0.417 e. The number of rotatable bonds is 5. The molecule has 0 atom stereocenters. The second-order valence-corrected chi connectivity index (χ2v) is 6.67. The largest absolute Gasteiger partial charge is 0.452 e. The molecule has 0 aliphatic heterocycles. The Bertz CT molecular complexity index is 681. The molecule has 144 valence electrons. The van der Waals surface area contributed by atoms with Crippen molar-refractivity contribution in [3.63, 3.8) is 0 Å². The minimum absolute atomic E-state index is 0.271. The van der Waals surface area contributed by atoms with Crippen molar-refractivity contribution in [2.45, 2.75) is 32.5 Å². The first-order chi connectivity index (χ1) is 11.8. The zero-order valence-electron chi connectivity index (χ0n) is 14.9. The van der Waals surface area contributed by atoms with Crippen molar-refractivity contribution >= 4 is 17.8 Å². The molecule has 0 saturated heterocycles. The summed E-state index contributed by atoms with van der Waals surface area (Å²) in [6.45, 7) is 4.27. The number of hydrogen-bond acceptors (Lipinski definition) is 4. The maximum atomic E-state index is 12.9. The molecule has 0 spiro atoms. The molecule has 0 fully saturated rings. The van der Waals surface area contributed by atoms with Gasteiger partial charge in [-0.2, -0.15) is 13.2 Å². The Morgan fingerprint density at radius 3 is 2.23 bits per heavy atom. The van der Waals surface area contributed by atoms with Gasteiger partial charge in [0.1, 0.15) is 0 Å². The van der Waals surface area contributed by atoms with Crippen LogP contribution in [-0.4, -0.2) is 48.4 Å². The van der Waals surface area contributed by atoms with E-state index < -0.39 is 47.2 Å². The van der Waals surface area contributed by atoms with Gasteiger partial charge in [0.05, 0.1) is 17.7 Å². The Balaban J connectivity index is 2.65. The van der Waals surface area contributed by atoms with Gasteiger partial charge in [-0.1, -0.05) is 12.1 Å². The lowest BCUT2D eigenvalue weighted by Gasteiger charge is -2.23. The van der Waals surface area contributed by atoms with Gasteiger partial charge in [0, 0.05) is 12.6 Å². The normalized spacial score (nSPS) is 11.7. The summed E-state index contributed by atoms with van der Waals surface area (Å²) in [6, 6.07) is 4.13. The first kappa shape index (κ1) is 21.5. The first-order valence-electron chi connectivity index (χ1n) is 7.69. The molecule has 1 aromatic rings. The van der Waals surface area contributed by atoms with E-state index in [0.717, 1.165) is 23.1 Å². The topological polar surface area (TPSA) is 75.7 Å². The van der Waals surface area contributed by atoms with Crippen molar-refractivity contribution in [2.75, 3.05) is 20.2 Å². The van der Waals surface area contributed by atoms with Gasteiger partial charge in [-0.15, -0.1) is 0 Å². The summed E-state index contributed by atoms with van der Waals surface area (Å²) in [4.78, 5) is 36.6. The van der Waals surface area contributed by atoms with Crippen molar-refractivity contribution in [3.8, 4) is 0 Å². The minimum Gasteiger partial charge on any atom is -0.452 e. The molecule has 9 heteroatoms. The number of ether oxygens (including phenoxy) is 1. The Kier molecular flexibility index (Phi) is 6.77. The summed E-state index contributed by atoms with van der Waals surface area (Å²) in [7, 11) is 1.32. The van der Waals surface area contributed by atoms with E-state index in [9.17, 15) is 27.6 Å². The maximum absolute atomic E-state index is 12.9. The summed E-state index contributed by atoms with van der Waals surface area (Å²) >= 11 is 0. The molecule has 1 N–H and O–H groups in total. The van der Waals surface area contributed by atoms with Crippen LogP contribution in [0.15, 0.2) is 24.3 Å². The molecule has 2 amide bonds. The number of hydrogen-bond donors (Lipinski definition) is 1. The van der Waals surface area contributed by atoms with Gasteiger partial charge < -0.3 is 15.0 Å². The number of carbonyl (C=O) groups is 3. The third kappa shape index (κ3) is 6.73. The van der Waals surface area contributed by atoms with E-state index in [1.807, 2.05) is 0 Å². The number of esters is 1. The number of benzene rings is 1. The van der Waals surface area contributed by atoms with Crippen LogP contribution in [0, 0.1) is 0 Å². The minimum atomic E-state index is -4.72. The van der Waals surface area contributed by atoms with E-state index in [2.05, 4.69) is 10.1 Å². The Hall–Kier alpha value is -2.58. The maximum Gasteiger partial charge on any atom is 0.417 e. The van der Waals surface area contributed by atoms with Crippen LogP contribution in [0.4, 0.5) is 13.2 Å². The Morgan fingerprint density at radius 2 is 1.69 bits per heavy atom. The number of likely N-dealkylation sites (N-methyl/N-ethyl adjacent to an activating group) is 1. The molecular formula is C17H21F3N2O4. The summed E-state index contributed by atoms with van der Waals surface area (Å²) in [5, 5.41) is 2.65. The second kappa shape index (κ2) is 8.20. The Labute approximate surface area is 149 Å². The number of alkyl halides is 3. The highest BCUT2D eigenvalue weighted by atomic mass is 19.4. The molecule has 0 aromatic heterocycles. The van der Waals surface area contributed by atoms with Gasteiger partial charge in [0.25, 0.3) is 5.91 Å². The molecule has 0 unspecified atom stereocenters. The van der Waals surface area contributed by atoms with Crippen LogP contribution in [0.2, 0.25) is 0 Å². The van der Waals surface area contributed by atoms with E-state index in [1.165, 1.54) is 13.1 Å². The van der Waals surface area contributed by atoms with Crippen LogP contribution in [0.25, 0.3) is 0 Å². The van der Waals surface area contributed by atoms with Crippen LogP contribution in [-0.2, 0) is 20.5 Å². The average molecular weight is 374 g/mol. The quantitative estimate of drug-likeness (QED) is 0.802. The molecule has 1 aromatic carbocycles. The molecule has 0 aliphatic rings. The Morgan fingerprint density at radius 1 is 1.12 bits per heavy atom. The summed E-state index contributed by atoms with van der Waals surface area (Å²) < 4.78 is 43.3. The number of nitrogens with zero attached hydrogens (tertiary/aromatic N) is 1. The van der Waals surface area contributed by atoms with E-state index in [0.29, 0.717) is 0 Å². The molecule has 0 saturated carbocycles. The predicted octanol–water partition coefficient (Wildman–Crippen LogP) is 2.24. The number of amides is 2. The summed E-state index contributed by atoms with van der Waals surface area (Å²) in [5.74, 6) is -2.40. The lowest BCUT2D eigenvalue weighted by molar-refractivity contribution is -0.138. The van der Waals surface area contributed by atoms with Crippen molar-refractivity contribution in [1.82, 2.24) is 10.2 Å². The highest BCUT2D eigenvalue weighted by molar-refractivity contribution is 5.93.